The second-order valence-electron chi connectivity index (χ2n) is 3.85. The van der Waals surface area contributed by atoms with Crippen molar-refractivity contribution in [3.63, 3.8) is 0 Å². The average Bonchev–Trinajstić information content (AvgIpc) is 2.40. The lowest BCUT2D eigenvalue weighted by molar-refractivity contribution is -0.912. The first kappa shape index (κ1) is 13.0. The van der Waals surface area contributed by atoms with E-state index in [1.54, 1.807) is 26.0 Å². The minimum atomic E-state index is 0.289. The smallest absolute Gasteiger partial charge is 0.253 e. The molecule has 0 spiro atoms. The zero-order valence-corrected chi connectivity index (χ0v) is 11.5. The minimum absolute atomic E-state index is 0.289. The number of benzene rings is 1. The first-order chi connectivity index (χ1) is 8.52. The number of hydrogen-bond donors (Lipinski definition) is 1. The second-order valence-corrected chi connectivity index (χ2v) is 4.61. The second kappa shape index (κ2) is 5.04. The van der Waals surface area contributed by atoms with E-state index in [1.807, 2.05) is 18.2 Å². The number of halogens is 2. The monoisotopic (exact) mass is 284 g/mol. The van der Waals surface area contributed by atoms with Gasteiger partial charge in [0.15, 0.2) is 15.8 Å². The Bertz CT molecular complexity index is 556. The lowest BCUT2D eigenvalue weighted by atomic mass is 10.3. The molecule has 5 heteroatoms. The molecular formula is C13H12Cl2NO2+. The normalized spacial score (nSPS) is 10.4. The molecule has 0 unspecified atom stereocenters. The van der Waals surface area contributed by atoms with Crippen LogP contribution in [0.15, 0.2) is 30.3 Å². The number of aromatic nitrogens is 1. The number of nitrogens with zero attached hydrogens (tertiary/aromatic N) is 1. The van der Waals surface area contributed by atoms with Crippen LogP contribution < -0.4 is 9.47 Å². The molecule has 0 bridgehead atoms. The summed E-state index contributed by atoms with van der Waals surface area (Å²) in [7, 11) is 0. The lowest BCUT2D eigenvalue weighted by Crippen LogP contribution is -2.37. The van der Waals surface area contributed by atoms with Gasteiger partial charge < -0.3 is 4.74 Å². The third-order valence-corrected chi connectivity index (χ3v) is 3.52. The van der Waals surface area contributed by atoms with Crippen molar-refractivity contribution in [3.8, 4) is 11.5 Å². The molecule has 18 heavy (non-hydrogen) atoms. The van der Waals surface area contributed by atoms with Crippen molar-refractivity contribution in [1.29, 1.82) is 0 Å². The molecule has 1 aromatic heterocycles. The summed E-state index contributed by atoms with van der Waals surface area (Å²) in [5, 5.41) is 10.3. The van der Waals surface area contributed by atoms with Crippen LogP contribution in [0.1, 0.15) is 11.4 Å². The number of rotatable bonds is 2. The Labute approximate surface area is 115 Å². The highest BCUT2D eigenvalue weighted by molar-refractivity contribution is 6.37. The molecule has 0 amide bonds. The van der Waals surface area contributed by atoms with Crippen LogP contribution in [-0.4, -0.2) is 5.21 Å². The molecule has 0 aliphatic heterocycles. The van der Waals surface area contributed by atoms with Crippen molar-refractivity contribution in [2.75, 3.05) is 0 Å². The maximum atomic E-state index is 9.75. The Morgan fingerprint density at radius 3 is 2.00 bits per heavy atom. The predicted octanol–water partition coefficient (Wildman–Crippen LogP) is 3.93. The molecule has 0 saturated carbocycles. The molecule has 0 radical (unpaired) electrons. The Hall–Kier alpha value is -1.45. The van der Waals surface area contributed by atoms with E-state index < -0.39 is 0 Å². The van der Waals surface area contributed by atoms with E-state index in [4.69, 9.17) is 27.9 Å². The van der Waals surface area contributed by atoms with Crippen molar-refractivity contribution in [3.05, 3.63) is 51.8 Å². The number of para-hydroxylation sites is 1. The van der Waals surface area contributed by atoms with E-state index in [-0.39, 0.29) is 10.0 Å². The number of pyridine rings is 1. The molecule has 0 aliphatic carbocycles. The summed E-state index contributed by atoms with van der Waals surface area (Å²) in [6, 6.07) is 9.20. The summed E-state index contributed by atoms with van der Waals surface area (Å²) in [5.41, 5.74) is 0.953. The van der Waals surface area contributed by atoms with Gasteiger partial charge in [0.05, 0.1) is 0 Å². The largest absolute Gasteiger partial charge is 0.454 e. The molecule has 0 saturated heterocycles. The summed E-state index contributed by atoms with van der Waals surface area (Å²) in [5.74, 6) is 0.987. The quantitative estimate of drug-likeness (QED) is 0.670. The van der Waals surface area contributed by atoms with E-state index >= 15 is 0 Å². The van der Waals surface area contributed by atoms with Gasteiger partial charge in [0.1, 0.15) is 5.75 Å². The van der Waals surface area contributed by atoms with Crippen LogP contribution in [0.3, 0.4) is 0 Å². The van der Waals surface area contributed by atoms with Gasteiger partial charge in [0.2, 0.25) is 0 Å². The highest BCUT2D eigenvalue weighted by Crippen LogP contribution is 2.38. The minimum Gasteiger partial charge on any atom is -0.454 e. The molecular weight excluding hydrogens is 273 g/mol. The van der Waals surface area contributed by atoms with Crippen molar-refractivity contribution in [2.45, 2.75) is 13.8 Å². The van der Waals surface area contributed by atoms with Gasteiger partial charge in [-0.05, 0) is 12.1 Å². The molecule has 1 aromatic carbocycles. The summed E-state index contributed by atoms with van der Waals surface area (Å²) in [4.78, 5) is 0. The molecule has 0 fully saturated rings. The van der Waals surface area contributed by atoms with E-state index in [0.717, 1.165) is 4.73 Å². The van der Waals surface area contributed by atoms with Gasteiger partial charge in [-0.1, -0.05) is 41.4 Å². The third-order valence-electron chi connectivity index (χ3n) is 2.63. The standard InChI is InChI=1S/C13H12Cl2NO2/c1-8-11(14)13(12(15)9(2)16(8)17)18-10-6-4-3-5-7-10/h3-7,17H,1-2H3/q+1. The Morgan fingerprint density at radius 2 is 1.50 bits per heavy atom. The summed E-state index contributed by atoms with van der Waals surface area (Å²) in [6.07, 6.45) is 0. The average molecular weight is 285 g/mol. The van der Waals surface area contributed by atoms with Gasteiger partial charge in [-0.3, -0.25) is 5.21 Å². The van der Waals surface area contributed by atoms with E-state index in [9.17, 15) is 5.21 Å². The fraction of sp³-hybridized carbons (Fsp3) is 0.154. The van der Waals surface area contributed by atoms with Crippen molar-refractivity contribution in [1.82, 2.24) is 0 Å². The number of ether oxygens (including phenoxy) is 1. The third kappa shape index (κ3) is 2.24. The van der Waals surface area contributed by atoms with Crippen LogP contribution in [0.5, 0.6) is 11.5 Å². The van der Waals surface area contributed by atoms with Crippen molar-refractivity contribution < 1.29 is 14.7 Å². The SMILES string of the molecule is Cc1c(Cl)c(Oc2ccccc2)c(Cl)c(C)[n+]1O. The van der Waals surface area contributed by atoms with Crippen LogP contribution in [-0.2, 0) is 0 Å². The zero-order valence-electron chi connectivity index (χ0n) is 9.95. The molecule has 94 valence electrons. The first-order valence-corrected chi connectivity index (χ1v) is 6.10. The van der Waals surface area contributed by atoms with Crippen LogP contribution in [0.25, 0.3) is 0 Å². The van der Waals surface area contributed by atoms with Crippen molar-refractivity contribution >= 4 is 23.2 Å². The Kier molecular flexibility index (Phi) is 3.64. The van der Waals surface area contributed by atoms with Crippen molar-refractivity contribution in [2.24, 2.45) is 0 Å². The van der Waals surface area contributed by atoms with Crippen LogP contribution in [0.4, 0.5) is 0 Å². The molecule has 1 N–H and O–H groups in total. The summed E-state index contributed by atoms with van der Waals surface area (Å²) < 4.78 is 6.62. The topological polar surface area (TPSA) is 33.3 Å². The molecule has 1 heterocycles. The van der Waals surface area contributed by atoms with Gasteiger partial charge in [-0.15, -0.1) is 0 Å². The molecule has 2 aromatic rings. The summed E-state index contributed by atoms with van der Waals surface area (Å²) in [6.45, 7) is 3.37. The maximum Gasteiger partial charge on any atom is 0.253 e. The predicted molar refractivity (Wildman–Crippen MR) is 69.8 cm³/mol. The molecule has 0 atom stereocenters. The highest BCUT2D eigenvalue weighted by Gasteiger charge is 2.26. The Balaban J connectivity index is 2.52. The number of hydrogen-bond acceptors (Lipinski definition) is 2. The van der Waals surface area contributed by atoms with Gasteiger partial charge in [-0.2, -0.15) is 0 Å². The fourth-order valence-corrected chi connectivity index (χ4v) is 2.03. The fourth-order valence-electron chi connectivity index (χ4n) is 1.56. The Morgan fingerprint density at radius 1 is 1.00 bits per heavy atom. The lowest BCUT2D eigenvalue weighted by Gasteiger charge is -2.10. The van der Waals surface area contributed by atoms with Crippen LogP contribution in [0, 0.1) is 13.8 Å². The molecule has 3 nitrogen and oxygen atoms in total. The molecule has 2 rings (SSSR count). The zero-order chi connectivity index (χ0) is 13.3. The van der Waals surface area contributed by atoms with E-state index in [0.29, 0.717) is 22.9 Å². The van der Waals surface area contributed by atoms with E-state index in [2.05, 4.69) is 0 Å². The van der Waals surface area contributed by atoms with Crippen LogP contribution in [0.2, 0.25) is 10.0 Å². The van der Waals surface area contributed by atoms with Gasteiger partial charge in [0, 0.05) is 18.6 Å². The van der Waals surface area contributed by atoms with E-state index in [1.165, 1.54) is 0 Å². The van der Waals surface area contributed by atoms with Gasteiger partial charge >= 0.3 is 0 Å². The van der Waals surface area contributed by atoms with Gasteiger partial charge in [-0.25, -0.2) is 0 Å². The molecule has 0 aliphatic rings. The first-order valence-electron chi connectivity index (χ1n) is 5.34. The highest BCUT2D eigenvalue weighted by atomic mass is 35.5. The maximum absolute atomic E-state index is 9.75. The summed E-state index contributed by atoms with van der Waals surface area (Å²) >= 11 is 12.3. The van der Waals surface area contributed by atoms with Gasteiger partial charge in [0.25, 0.3) is 11.4 Å². The van der Waals surface area contributed by atoms with Crippen LogP contribution >= 0.6 is 23.2 Å².